The van der Waals surface area contributed by atoms with Crippen molar-refractivity contribution in [1.29, 1.82) is 0 Å². The molecule has 5 nitrogen and oxygen atoms in total. The van der Waals surface area contributed by atoms with E-state index in [-0.39, 0.29) is 0 Å². The van der Waals surface area contributed by atoms with E-state index in [1.54, 1.807) is 6.20 Å². The number of rotatable bonds is 3. The highest BCUT2D eigenvalue weighted by atomic mass is 15.0. The van der Waals surface area contributed by atoms with Crippen molar-refractivity contribution in [3.05, 3.63) is 59.6 Å². The van der Waals surface area contributed by atoms with Gasteiger partial charge < -0.3 is 15.3 Å². The number of aromatic amines is 2. The molecule has 1 aliphatic carbocycles. The van der Waals surface area contributed by atoms with E-state index < -0.39 is 0 Å². The van der Waals surface area contributed by atoms with Gasteiger partial charge in [-0.1, -0.05) is 30.9 Å². The molecule has 3 N–H and O–H groups in total. The van der Waals surface area contributed by atoms with E-state index in [4.69, 9.17) is 0 Å². The summed E-state index contributed by atoms with van der Waals surface area (Å²) in [6.45, 7) is 1.05. The van der Waals surface area contributed by atoms with E-state index in [1.807, 2.05) is 18.3 Å². The molecule has 1 aliphatic heterocycles. The fourth-order valence-corrected chi connectivity index (χ4v) is 4.32. The Hall–Kier alpha value is -3.28. The molecule has 1 atom stereocenters. The van der Waals surface area contributed by atoms with Crippen LogP contribution in [0.15, 0.2) is 36.7 Å². The van der Waals surface area contributed by atoms with Gasteiger partial charge in [0.2, 0.25) is 0 Å². The molecule has 0 spiro atoms. The van der Waals surface area contributed by atoms with Crippen LogP contribution < -0.4 is 5.32 Å². The molecular formula is C25H25N5. The van der Waals surface area contributed by atoms with Gasteiger partial charge in [0.25, 0.3) is 0 Å². The second kappa shape index (κ2) is 8.61. The number of H-pyrrole nitrogens is 2. The molecule has 5 rings (SSSR count). The monoisotopic (exact) mass is 395 g/mol. The van der Waals surface area contributed by atoms with Crippen LogP contribution >= 0.6 is 0 Å². The van der Waals surface area contributed by atoms with Gasteiger partial charge in [0, 0.05) is 11.5 Å². The van der Waals surface area contributed by atoms with Gasteiger partial charge in [0.05, 0.1) is 24.1 Å². The number of imidazole rings is 2. The number of aromatic nitrogens is 4. The topological polar surface area (TPSA) is 69.4 Å². The lowest BCUT2D eigenvalue weighted by atomic mass is 10.1. The summed E-state index contributed by atoms with van der Waals surface area (Å²) in [5.41, 5.74) is 3.96. The fraction of sp³-hybridized carbons (Fsp3) is 0.360. The lowest BCUT2D eigenvalue weighted by Gasteiger charge is -2.04. The summed E-state index contributed by atoms with van der Waals surface area (Å²) in [6, 6.07) is 8.55. The maximum atomic E-state index is 4.60. The smallest absolute Gasteiger partial charge is 0.124 e. The molecule has 0 unspecified atom stereocenters. The van der Waals surface area contributed by atoms with Crippen LogP contribution in [0.1, 0.15) is 73.4 Å². The normalized spacial score (nSPS) is 18.6. The van der Waals surface area contributed by atoms with Gasteiger partial charge in [-0.25, -0.2) is 9.97 Å². The molecule has 150 valence electrons. The first-order chi connectivity index (χ1) is 14.8. The van der Waals surface area contributed by atoms with Crippen molar-refractivity contribution in [2.24, 2.45) is 0 Å². The van der Waals surface area contributed by atoms with Gasteiger partial charge in [-0.05, 0) is 67.7 Å². The number of nitrogens with zero attached hydrogens (tertiary/aromatic N) is 2. The number of nitrogens with one attached hydrogen (secondary N) is 3. The predicted octanol–water partition coefficient (Wildman–Crippen LogP) is 4.29. The minimum absolute atomic E-state index is 0.328. The molecular weight excluding hydrogens is 370 g/mol. The van der Waals surface area contributed by atoms with Crippen LogP contribution in [0.3, 0.4) is 0 Å². The maximum absolute atomic E-state index is 4.60. The Morgan fingerprint density at radius 3 is 2.40 bits per heavy atom. The fourth-order valence-electron chi connectivity index (χ4n) is 4.32. The SMILES string of the molecule is C(C#Cc1cnc([C@@H]2CCCN2)[nH]1)#Cc1ccc(-c2cnc(C3CCCC3)[nH]2)cc1. The second-order valence-corrected chi connectivity index (χ2v) is 8.07. The van der Waals surface area contributed by atoms with Crippen molar-refractivity contribution in [2.45, 2.75) is 50.5 Å². The van der Waals surface area contributed by atoms with Gasteiger partial charge in [-0.2, -0.15) is 0 Å². The third-order valence-electron chi connectivity index (χ3n) is 5.99. The molecule has 1 aromatic carbocycles. The Morgan fingerprint density at radius 1 is 0.800 bits per heavy atom. The minimum atomic E-state index is 0.328. The van der Waals surface area contributed by atoms with Crippen LogP contribution in [-0.4, -0.2) is 26.5 Å². The summed E-state index contributed by atoms with van der Waals surface area (Å²) in [5.74, 6) is 14.7. The van der Waals surface area contributed by atoms with Crippen LogP contribution in [-0.2, 0) is 0 Å². The zero-order valence-electron chi connectivity index (χ0n) is 17.0. The van der Waals surface area contributed by atoms with Crippen molar-refractivity contribution >= 4 is 0 Å². The molecule has 1 saturated heterocycles. The second-order valence-electron chi connectivity index (χ2n) is 8.07. The molecule has 0 bridgehead atoms. The van der Waals surface area contributed by atoms with Crippen molar-refractivity contribution < 1.29 is 0 Å². The summed E-state index contributed by atoms with van der Waals surface area (Å²) >= 11 is 0. The first-order valence-corrected chi connectivity index (χ1v) is 10.8. The van der Waals surface area contributed by atoms with Gasteiger partial charge in [-0.15, -0.1) is 0 Å². The Morgan fingerprint density at radius 2 is 1.60 bits per heavy atom. The first-order valence-electron chi connectivity index (χ1n) is 10.8. The van der Waals surface area contributed by atoms with E-state index in [0.29, 0.717) is 12.0 Å². The Balaban J connectivity index is 1.22. The van der Waals surface area contributed by atoms with E-state index >= 15 is 0 Å². The van der Waals surface area contributed by atoms with E-state index in [2.05, 4.69) is 61.1 Å². The third kappa shape index (κ3) is 4.17. The standard InChI is InChI=1S/C25H25N5/c1(4-9-21-16-27-25(29-21)22-10-5-15-26-22)6-18-11-13-19(14-12-18)23-17-28-24(30-23)20-7-2-3-8-20/h11-14,16-17,20,22,26H,2-3,5,7-8,10,15H2,(H,27,29)(H,28,30)/t22-/m0/s1. The Labute approximate surface area is 177 Å². The molecule has 5 heteroatoms. The first kappa shape index (κ1) is 18.7. The zero-order valence-corrected chi connectivity index (χ0v) is 17.0. The summed E-state index contributed by atoms with van der Waals surface area (Å²) in [4.78, 5) is 15.8. The van der Waals surface area contributed by atoms with Gasteiger partial charge >= 0.3 is 0 Å². The minimum Gasteiger partial charge on any atom is -0.342 e. The molecule has 30 heavy (non-hydrogen) atoms. The molecule has 3 aromatic rings. The Kier molecular flexibility index (Phi) is 5.38. The van der Waals surface area contributed by atoms with E-state index in [0.717, 1.165) is 47.1 Å². The van der Waals surface area contributed by atoms with Gasteiger partial charge in [0.15, 0.2) is 0 Å². The van der Waals surface area contributed by atoms with E-state index in [9.17, 15) is 0 Å². The lowest BCUT2D eigenvalue weighted by molar-refractivity contribution is 0.612. The van der Waals surface area contributed by atoms with Crippen LogP contribution in [0.2, 0.25) is 0 Å². The largest absolute Gasteiger partial charge is 0.342 e. The summed E-state index contributed by atoms with van der Waals surface area (Å²) in [5, 5.41) is 3.43. The number of hydrogen-bond donors (Lipinski definition) is 3. The zero-order chi connectivity index (χ0) is 20.2. The van der Waals surface area contributed by atoms with E-state index in [1.165, 1.54) is 32.1 Å². The number of benzene rings is 1. The molecule has 0 radical (unpaired) electrons. The van der Waals surface area contributed by atoms with Crippen LogP contribution in [0.25, 0.3) is 11.3 Å². The van der Waals surface area contributed by atoms with Crippen LogP contribution in [0, 0.1) is 23.7 Å². The van der Waals surface area contributed by atoms with Gasteiger partial charge in [0.1, 0.15) is 17.3 Å². The molecule has 3 heterocycles. The van der Waals surface area contributed by atoms with Crippen LogP contribution in [0.5, 0.6) is 0 Å². The summed E-state index contributed by atoms with van der Waals surface area (Å²) in [7, 11) is 0. The van der Waals surface area contributed by atoms with Crippen LogP contribution in [0.4, 0.5) is 0 Å². The number of hydrogen-bond acceptors (Lipinski definition) is 3. The van der Waals surface area contributed by atoms with Crippen molar-refractivity contribution in [2.75, 3.05) is 6.54 Å². The molecule has 2 aromatic heterocycles. The quantitative estimate of drug-likeness (QED) is 0.580. The highest BCUT2D eigenvalue weighted by molar-refractivity contribution is 5.60. The lowest BCUT2D eigenvalue weighted by Crippen LogP contribution is -2.14. The maximum Gasteiger partial charge on any atom is 0.124 e. The van der Waals surface area contributed by atoms with Crippen molar-refractivity contribution in [3.8, 4) is 34.9 Å². The van der Waals surface area contributed by atoms with Gasteiger partial charge in [-0.3, -0.25) is 0 Å². The predicted molar refractivity (Wildman–Crippen MR) is 118 cm³/mol. The van der Waals surface area contributed by atoms with Crippen molar-refractivity contribution in [1.82, 2.24) is 25.3 Å². The Bertz CT molecular complexity index is 1120. The average molecular weight is 396 g/mol. The molecule has 2 fully saturated rings. The van der Waals surface area contributed by atoms with Crippen molar-refractivity contribution in [3.63, 3.8) is 0 Å². The summed E-state index contributed by atoms with van der Waals surface area (Å²) in [6.07, 6.45) is 11.2. The third-order valence-corrected chi connectivity index (χ3v) is 5.99. The summed E-state index contributed by atoms with van der Waals surface area (Å²) < 4.78 is 0. The molecule has 1 saturated carbocycles. The highest BCUT2D eigenvalue weighted by Crippen LogP contribution is 2.33. The molecule has 0 amide bonds. The average Bonchev–Trinajstić information content (AvgIpc) is 3.58. The molecule has 2 aliphatic rings. The highest BCUT2D eigenvalue weighted by Gasteiger charge is 2.20.